The molecule has 0 saturated carbocycles. The fraction of sp³-hybridized carbons (Fsp3) is 0.429. The molecule has 6 nitrogen and oxygen atoms in total. The Kier molecular flexibility index (Phi) is 5.30. The summed E-state index contributed by atoms with van der Waals surface area (Å²) in [7, 11) is -4.19. The van der Waals surface area contributed by atoms with Gasteiger partial charge < -0.3 is 4.90 Å². The van der Waals surface area contributed by atoms with Crippen LogP contribution in [-0.4, -0.2) is 48.7 Å². The van der Waals surface area contributed by atoms with E-state index in [0.717, 1.165) is 32.4 Å². The van der Waals surface area contributed by atoms with Crippen LogP contribution in [0.5, 0.6) is 0 Å². The van der Waals surface area contributed by atoms with E-state index in [9.17, 15) is 17.2 Å². The van der Waals surface area contributed by atoms with Crippen molar-refractivity contribution in [1.82, 2.24) is 14.1 Å². The largest absolute Gasteiger partial charge is 0.314 e. The Morgan fingerprint density at radius 1 is 1.28 bits per heavy atom. The number of halogens is 2. The molecule has 1 aromatic heterocycles. The number of quaternary nitrogens is 1. The van der Waals surface area contributed by atoms with Crippen molar-refractivity contribution in [1.29, 1.82) is 0 Å². The third-order valence-corrected chi connectivity index (χ3v) is 7.20. The second kappa shape index (κ2) is 7.16. The van der Waals surface area contributed by atoms with Crippen molar-refractivity contribution in [2.45, 2.75) is 18.5 Å². The lowest BCUT2D eigenvalue weighted by atomic mass is 10.3. The number of rotatable bonds is 4. The van der Waals surface area contributed by atoms with Gasteiger partial charge in [-0.2, -0.15) is 14.1 Å². The van der Waals surface area contributed by atoms with Crippen LogP contribution in [-0.2, 0) is 16.7 Å². The van der Waals surface area contributed by atoms with Crippen molar-refractivity contribution in [3.05, 3.63) is 38.8 Å². The Morgan fingerprint density at radius 2 is 1.88 bits per heavy atom. The molecule has 136 valence electrons. The van der Waals surface area contributed by atoms with E-state index < -0.39 is 26.6 Å². The number of piperazine rings is 1. The number of benzene rings is 1. The first-order valence-corrected chi connectivity index (χ1v) is 10.3. The molecule has 2 heterocycles. The van der Waals surface area contributed by atoms with E-state index in [2.05, 4.69) is 5.10 Å². The third kappa shape index (κ3) is 3.80. The van der Waals surface area contributed by atoms with E-state index in [1.165, 1.54) is 11.3 Å². The molecule has 0 unspecified atom stereocenters. The molecule has 0 radical (unpaired) electrons. The fourth-order valence-electron chi connectivity index (χ4n) is 2.78. The van der Waals surface area contributed by atoms with Crippen LogP contribution < -0.4 is 4.90 Å². The number of sulfonamides is 1. The van der Waals surface area contributed by atoms with Crippen molar-refractivity contribution >= 4 is 33.6 Å². The minimum Gasteiger partial charge on any atom is -0.314 e. The van der Waals surface area contributed by atoms with Gasteiger partial charge in [-0.25, -0.2) is 17.2 Å². The SMILES string of the molecule is Cc1nn(C[NH+]2CCN(S(=O)(=O)c3c(F)cccc3F)CC2)c(=S)s1. The van der Waals surface area contributed by atoms with Crippen LogP contribution in [0, 0.1) is 22.5 Å². The highest BCUT2D eigenvalue weighted by atomic mass is 32.2. The molecule has 0 atom stereocenters. The predicted molar refractivity (Wildman–Crippen MR) is 91.5 cm³/mol. The summed E-state index contributed by atoms with van der Waals surface area (Å²) in [5.41, 5.74) is 0. The minimum atomic E-state index is -4.19. The number of aromatic nitrogens is 2. The first-order valence-electron chi connectivity index (χ1n) is 7.61. The maximum absolute atomic E-state index is 13.8. The third-order valence-electron chi connectivity index (χ3n) is 4.03. The summed E-state index contributed by atoms with van der Waals surface area (Å²) in [6.07, 6.45) is 0. The smallest absolute Gasteiger partial charge is 0.249 e. The summed E-state index contributed by atoms with van der Waals surface area (Å²) in [6.45, 7) is 3.80. The number of aryl methyl sites for hydroxylation is 1. The number of hydrogen-bond acceptors (Lipinski definition) is 5. The molecule has 1 saturated heterocycles. The maximum Gasteiger partial charge on any atom is 0.249 e. The van der Waals surface area contributed by atoms with Gasteiger partial charge in [0, 0.05) is 0 Å². The van der Waals surface area contributed by atoms with Crippen molar-refractivity contribution in [2.75, 3.05) is 26.2 Å². The average molecular weight is 408 g/mol. The molecule has 2 aromatic rings. The highest BCUT2D eigenvalue weighted by molar-refractivity contribution is 7.89. The van der Waals surface area contributed by atoms with Gasteiger partial charge in [-0.05, 0) is 31.3 Å². The van der Waals surface area contributed by atoms with Gasteiger partial charge in [-0.15, -0.1) is 0 Å². The van der Waals surface area contributed by atoms with Gasteiger partial charge in [0.2, 0.25) is 10.0 Å². The second-order valence-corrected chi connectivity index (χ2v) is 9.45. The monoisotopic (exact) mass is 407 g/mol. The lowest BCUT2D eigenvalue weighted by molar-refractivity contribution is -0.926. The summed E-state index contributed by atoms with van der Waals surface area (Å²) < 4.78 is 56.3. The van der Waals surface area contributed by atoms with E-state index in [0.29, 0.717) is 23.7 Å². The molecule has 1 aliphatic rings. The zero-order valence-electron chi connectivity index (χ0n) is 13.4. The molecule has 1 aromatic carbocycles. The molecule has 3 rings (SSSR count). The molecule has 25 heavy (non-hydrogen) atoms. The molecule has 0 spiro atoms. The predicted octanol–water partition coefficient (Wildman–Crippen LogP) is 0.808. The van der Waals surface area contributed by atoms with Crippen molar-refractivity contribution in [2.24, 2.45) is 0 Å². The standard InChI is InChI=1S/C14H16F2N4O2S3/c1-10-17-20(14(23)24-10)9-18-5-7-19(8-6-18)25(21,22)13-11(15)3-2-4-12(13)16/h2-4H,5-9H2,1H3/p+1. The number of nitrogens with one attached hydrogen (secondary N) is 1. The Labute approximate surface area is 153 Å². The Morgan fingerprint density at radius 3 is 2.40 bits per heavy atom. The molecular weight excluding hydrogens is 390 g/mol. The molecular formula is C14H17F2N4O2S3+. The first kappa shape index (κ1) is 18.5. The van der Waals surface area contributed by atoms with Gasteiger partial charge in [0.05, 0.1) is 26.2 Å². The highest BCUT2D eigenvalue weighted by Crippen LogP contribution is 2.22. The van der Waals surface area contributed by atoms with E-state index in [1.54, 1.807) is 4.68 Å². The zero-order chi connectivity index (χ0) is 18.2. The van der Waals surface area contributed by atoms with Gasteiger partial charge in [0.15, 0.2) is 15.5 Å². The van der Waals surface area contributed by atoms with Crippen molar-refractivity contribution < 1.29 is 22.1 Å². The summed E-state index contributed by atoms with van der Waals surface area (Å²) in [6, 6.07) is 3.04. The second-order valence-electron chi connectivity index (χ2n) is 5.75. The average Bonchev–Trinajstić information content (AvgIpc) is 2.85. The van der Waals surface area contributed by atoms with Crippen LogP contribution in [0.3, 0.4) is 0 Å². The fourth-order valence-corrected chi connectivity index (χ4v) is 5.40. The van der Waals surface area contributed by atoms with Gasteiger partial charge in [-0.3, -0.25) is 0 Å². The van der Waals surface area contributed by atoms with Crippen LogP contribution in [0.1, 0.15) is 5.01 Å². The normalized spacial score (nSPS) is 17.1. The van der Waals surface area contributed by atoms with Crippen LogP contribution in [0.25, 0.3) is 0 Å². The number of hydrogen-bond donors (Lipinski definition) is 1. The lowest BCUT2D eigenvalue weighted by Gasteiger charge is -2.31. The van der Waals surface area contributed by atoms with Gasteiger partial charge in [-0.1, -0.05) is 17.4 Å². The summed E-state index contributed by atoms with van der Waals surface area (Å²) in [5, 5.41) is 5.20. The highest BCUT2D eigenvalue weighted by Gasteiger charge is 2.34. The maximum atomic E-state index is 13.8. The Bertz CT molecular complexity index is 914. The van der Waals surface area contributed by atoms with Gasteiger partial charge in [0.25, 0.3) is 0 Å². The Balaban J connectivity index is 1.71. The summed E-state index contributed by atoms with van der Waals surface area (Å²) in [4.78, 5) is 0.234. The summed E-state index contributed by atoms with van der Waals surface area (Å²) in [5.74, 6) is -2.14. The van der Waals surface area contributed by atoms with E-state index in [1.807, 2.05) is 6.92 Å². The van der Waals surface area contributed by atoms with Crippen LogP contribution in [0.4, 0.5) is 8.78 Å². The van der Waals surface area contributed by atoms with Crippen LogP contribution in [0.15, 0.2) is 23.1 Å². The molecule has 1 fully saturated rings. The van der Waals surface area contributed by atoms with Crippen molar-refractivity contribution in [3.8, 4) is 0 Å². The quantitative estimate of drug-likeness (QED) is 0.762. The lowest BCUT2D eigenvalue weighted by Crippen LogP contribution is -3.14. The molecule has 0 amide bonds. The topological polar surface area (TPSA) is 59.6 Å². The van der Waals surface area contributed by atoms with Crippen molar-refractivity contribution in [3.63, 3.8) is 0 Å². The van der Waals surface area contributed by atoms with Crippen LogP contribution >= 0.6 is 23.6 Å². The van der Waals surface area contributed by atoms with Crippen LogP contribution in [0.2, 0.25) is 0 Å². The molecule has 11 heteroatoms. The molecule has 1 N–H and O–H groups in total. The van der Waals surface area contributed by atoms with Gasteiger partial charge in [0.1, 0.15) is 16.6 Å². The van der Waals surface area contributed by atoms with E-state index >= 15 is 0 Å². The summed E-state index contributed by atoms with van der Waals surface area (Å²) >= 11 is 6.66. The first-order chi connectivity index (χ1) is 11.8. The van der Waals surface area contributed by atoms with Gasteiger partial charge >= 0.3 is 0 Å². The zero-order valence-corrected chi connectivity index (χ0v) is 15.9. The molecule has 0 bridgehead atoms. The molecule has 1 aliphatic heterocycles. The van der Waals surface area contributed by atoms with E-state index in [4.69, 9.17) is 12.2 Å². The Hall–Kier alpha value is -1.27. The minimum absolute atomic E-state index is 0.182. The van der Waals surface area contributed by atoms with E-state index in [-0.39, 0.29) is 13.1 Å². The molecule has 0 aliphatic carbocycles. The number of nitrogens with zero attached hydrogens (tertiary/aromatic N) is 3.